The molecule has 1 fully saturated rings. The number of hydrogen-bond donors (Lipinski definition) is 1. The fourth-order valence-electron chi connectivity index (χ4n) is 2.75. The van der Waals surface area contributed by atoms with Gasteiger partial charge in [0, 0.05) is 19.6 Å². The van der Waals surface area contributed by atoms with E-state index in [-0.39, 0.29) is 6.04 Å². The summed E-state index contributed by atoms with van der Waals surface area (Å²) in [7, 11) is 0. The second kappa shape index (κ2) is 6.63. The molecule has 1 unspecified atom stereocenters. The maximum atomic E-state index is 12.8. The lowest BCUT2D eigenvalue weighted by Gasteiger charge is -2.38. The zero-order valence-corrected chi connectivity index (χ0v) is 14.3. The number of nitrogens with zero attached hydrogens (tertiary/aromatic N) is 1. The minimum absolute atomic E-state index is 0.351. The third kappa shape index (κ3) is 4.41. The fourth-order valence-corrected chi connectivity index (χ4v) is 2.75. The van der Waals surface area contributed by atoms with Crippen molar-refractivity contribution in [2.24, 2.45) is 0 Å². The molecule has 1 aliphatic rings. The molecule has 4 nitrogen and oxygen atoms in total. The summed E-state index contributed by atoms with van der Waals surface area (Å²) < 4.78 is 43.9. The van der Waals surface area contributed by atoms with Crippen molar-refractivity contribution < 1.29 is 22.7 Å². The first-order valence-corrected chi connectivity index (χ1v) is 7.87. The summed E-state index contributed by atoms with van der Waals surface area (Å²) in [5, 5.41) is 3.18. The van der Waals surface area contributed by atoms with E-state index in [2.05, 4.69) is 5.32 Å². The van der Waals surface area contributed by atoms with Gasteiger partial charge >= 0.3 is 12.3 Å². The number of amides is 1. The number of rotatable bonds is 1. The Kier molecular flexibility index (Phi) is 5.13. The molecule has 134 valence electrons. The number of piperazine rings is 1. The minimum atomic E-state index is -4.38. The standard InChI is InChI=1S/C17H23F3N2O2/c1-11-9-12(17(18,19)20)5-6-13(11)14-10-21-7-8-22(14)15(23)24-16(2,3)4/h5-6,9,14,21H,7-8,10H2,1-4H3. The van der Waals surface area contributed by atoms with Gasteiger partial charge in [0.25, 0.3) is 0 Å². The molecule has 1 atom stereocenters. The smallest absolute Gasteiger partial charge is 0.416 e. The molecular formula is C17H23F3N2O2. The van der Waals surface area contributed by atoms with Crippen LogP contribution in [0.4, 0.5) is 18.0 Å². The summed E-state index contributed by atoms with van der Waals surface area (Å²) >= 11 is 0. The summed E-state index contributed by atoms with van der Waals surface area (Å²) in [4.78, 5) is 14.0. The first-order valence-electron chi connectivity index (χ1n) is 7.87. The average molecular weight is 344 g/mol. The second-order valence-corrected chi connectivity index (χ2v) is 6.96. The topological polar surface area (TPSA) is 41.6 Å². The lowest BCUT2D eigenvalue weighted by atomic mass is 9.96. The van der Waals surface area contributed by atoms with Gasteiger partial charge in [-0.15, -0.1) is 0 Å². The number of ether oxygens (including phenoxy) is 1. The maximum Gasteiger partial charge on any atom is 0.416 e. The molecule has 1 saturated heterocycles. The number of benzene rings is 1. The first-order chi connectivity index (χ1) is 11.0. The molecule has 1 aromatic carbocycles. The lowest BCUT2D eigenvalue weighted by molar-refractivity contribution is -0.137. The van der Waals surface area contributed by atoms with Crippen LogP contribution in [0.5, 0.6) is 0 Å². The Hall–Kier alpha value is -1.76. The predicted molar refractivity (Wildman–Crippen MR) is 84.7 cm³/mol. The molecule has 1 aliphatic heterocycles. The van der Waals surface area contributed by atoms with E-state index >= 15 is 0 Å². The van der Waals surface area contributed by atoms with Gasteiger partial charge < -0.3 is 10.1 Å². The highest BCUT2D eigenvalue weighted by molar-refractivity contribution is 5.69. The van der Waals surface area contributed by atoms with Gasteiger partial charge in [-0.2, -0.15) is 13.2 Å². The molecule has 7 heteroatoms. The van der Waals surface area contributed by atoms with Gasteiger partial charge in [-0.05, 0) is 51.0 Å². The van der Waals surface area contributed by atoms with Crippen molar-refractivity contribution in [1.29, 1.82) is 0 Å². The van der Waals surface area contributed by atoms with Crippen LogP contribution >= 0.6 is 0 Å². The molecule has 2 rings (SSSR count). The van der Waals surface area contributed by atoms with E-state index in [1.807, 2.05) is 0 Å². The average Bonchev–Trinajstić information content (AvgIpc) is 2.44. The van der Waals surface area contributed by atoms with Crippen LogP contribution in [0.15, 0.2) is 18.2 Å². The summed E-state index contributed by atoms with van der Waals surface area (Å²) in [6.45, 7) is 8.52. The largest absolute Gasteiger partial charge is 0.444 e. The van der Waals surface area contributed by atoms with E-state index in [0.29, 0.717) is 30.8 Å². The fraction of sp³-hybridized carbons (Fsp3) is 0.588. The molecular weight excluding hydrogens is 321 g/mol. The Morgan fingerprint density at radius 3 is 2.50 bits per heavy atom. The number of carbonyl (C=O) groups excluding carboxylic acids is 1. The molecule has 24 heavy (non-hydrogen) atoms. The minimum Gasteiger partial charge on any atom is -0.444 e. The Bertz CT molecular complexity index is 609. The van der Waals surface area contributed by atoms with E-state index in [9.17, 15) is 18.0 Å². The molecule has 1 aromatic rings. The highest BCUT2D eigenvalue weighted by Crippen LogP contribution is 2.33. The molecule has 0 radical (unpaired) electrons. The molecule has 0 spiro atoms. The van der Waals surface area contributed by atoms with Crippen LogP contribution in [-0.2, 0) is 10.9 Å². The summed E-state index contributed by atoms with van der Waals surface area (Å²) in [5.41, 5.74) is -0.105. The van der Waals surface area contributed by atoms with E-state index < -0.39 is 23.4 Å². The molecule has 1 amide bonds. The van der Waals surface area contributed by atoms with E-state index in [0.717, 1.165) is 12.1 Å². The molecule has 0 saturated carbocycles. The van der Waals surface area contributed by atoms with Crippen LogP contribution in [0.3, 0.4) is 0 Å². The molecule has 1 heterocycles. The molecule has 0 aliphatic carbocycles. The van der Waals surface area contributed by atoms with E-state index in [4.69, 9.17) is 4.74 Å². The van der Waals surface area contributed by atoms with Crippen LogP contribution in [-0.4, -0.2) is 36.2 Å². The van der Waals surface area contributed by atoms with E-state index in [1.165, 1.54) is 6.07 Å². The first kappa shape index (κ1) is 18.6. The van der Waals surface area contributed by atoms with Gasteiger partial charge in [0.05, 0.1) is 11.6 Å². The second-order valence-electron chi connectivity index (χ2n) is 6.96. The predicted octanol–water partition coefficient (Wildman–Crippen LogP) is 3.90. The van der Waals surface area contributed by atoms with Crippen LogP contribution in [0.2, 0.25) is 0 Å². The van der Waals surface area contributed by atoms with Crippen molar-refractivity contribution in [3.63, 3.8) is 0 Å². The SMILES string of the molecule is Cc1cc(C(F)(F)F)ccc1C1CNCCN1C(=O)OC(C)(C)C. The quantitative estimate of drug-likeness (QED) is 0.840. The number of nitrogens with one attached hydrogen (secondary N) is 1. The molecule has 0 bridgehead atoms. The van der Waals surface area contributed by atoms with Crippen LogP contribution in [0.1, 0.15) is 43.5 Å². The zero-order valence-electron chi connectivity index (χ0n) is 14.3. The highest BCUT2D eigenvalue weighted by atomic mass is 19.4. The Morgan fingerprint density at radius 2 is 1.96 bits per heavy atom. The number of alkyl halides is 3. The molecule has 1 N–H and O–H groups in total. The van der Waals surface area contributed by atoms with Gasteiger partial charge in [0.15, 0.2) is 0 Å². The monoisotopic (exact) mass is 344 g/mol. The Labute approximate surface area is 140 Å². The van der Waals surface area contributed by atoms with Crippen molar-refractivity contribution in [2.75, 3.05) is 19.6 Å². The highest BCUT2D eigenvalue weighted by Gasteiger charge is 2.34. The van der Waals surface area contributed by atoms with Gasteiger partial charge in [-0.3, -0.25) is 4.90 Å². The van der Waals surface area contributed by atoms with E-state index in [1.54, 1.807) is 32.6 Å². The lowest BCUT2D eigenvalue weighted by Crippen LogP contribution is -2.50. The summed E-state index contributed by atoms with van der Waals surface area (Å²) in [6.07, 6.45) is -4.83. The van der Waals surface area contributed by atoms with Crippen molar-refractivity contribution in [2.45, 2.75) is 45.5 Å². The van der Waals surface area contributed by atoms with Crippen LogP contribution < -0.4 is 5.32 Å². The van der Waals surface area contributed by atoms with Crippen molar-refractivity contribution in [3.8, 4) is 0 Å². The third-order valence-electron chi connectivity index (χ3n) is 3.83. The van der Waals surface area contributed by atoms with Crippen molar-refractivity contribution >= 4 is 6.09 Å². The zero-order chi connectivity index (χ0) is 18.1. The van der Waals surface area contributed by atoms with Gasteiger partial charge in [-0.25, -0.2) is 4.79 Å². The number of hydrogen-bond acceptors (Lipinski definition) is 3. The van der Waals surface area contributed by atoms with Crippen LogP contribution in [0, 0.1) is 6.92 Å². The number of halogens is 3. The molecule has 0 aromatic heterocycles. The Balaban J connectivity index is 2.29. The summed E-state index contributed by atoms with van der Waals surface area (Å²) in [5.74, 6) is 0. The number of carbonyl (C=O) groups is 1. The van der Waals surface area contributed by atoms with Gasteiger partial charge in [0.2, 0.25) is 0 Å². The third-order valence-corrected chi connectivity index (χ3v) is 3.83. The van der Waals surface area contributed by atoms with Crippen molar-refractivity contribution in [3.05, 3.63) is 34.9 Å². The van der Waals surface area contributed by atoms with Gasteiger partial charge in [-0.1, -0.05) is 6.07 Å². The summed E-state index contributed by atoms with van der Waals surface area (Å²) in [6, 6.07) is 3.28. The van der Waals surface area contributed by atoms with Gasteiger partial charge in [0.1, 0.15) is 5.60 Å². The van der Waals surface area contributed by atoms with Crippen LogP contribution in [0.25, 0.3) is 0 Å². The van der Waals surface area contributed by atoms with Crippen molar-refractivity contribution in [1.82, 2.24) is 10.2 Å². The maximum absolute atomic E-state index is 12.8. The Morgan fingerprint density at radius 1 is 1.29 bits per heavy atom. The number of aryl methyl sites for hydroxylation is 1. The normalized spacial score (nSPS) is 19.3.